The quantitative estimate of drug-likeness (QED) is 0.811. The minimum absolute atomic E-state index is 0.194. The summed E-state index contributed by atoms with van der Waals surface area (Å²) in [6.07, 6.45) is 5.03. The summed E-state index contributed by atoms with van der Waals surface area (Å²) in [5.41, 5.74) is 0.194. The fourth-order valence-electron chi connectivity index (χ4n) is 2.53. The molecule has 110 valence electrons. The molecule has 0 aliphatic heterocycles. The fourth-order valence-corrected chi connectivity index (χ4v) is 2.53. The minimum atomic E-state index is -0.970. The van der Waals surface area contributed by atoms with E-state index in [0.717, 1.165) is 18.8 Å². The molecule has 0 radical (unpaired) electrons. The lowest BCUT2D eigenvalue weighted by Gasteiger charge is -2.26. The smallest absolute Gasteiger partial charge is 0.339 e. The van der Waals surface area contributed by atoms with Gasteiger partial charge >= 0.3 is 5.97 Å². The first-order valence-electron chi connectivity index (χ1n) is 7.23. The Hall–Kier alpha value is -1.55. The highest BCUT2D eigenvalue weighted by Gasteiger charge is 2.18. The normalized spacial score (nSPS) is 22.4. The van der Waals surface area contributed by atoms with Crippen LogP contribution in [0.25, 0.3) is 0 Å². The third kappa shape index (κ3) is 4.23. The Morgan fingerprint density at radius 3 is 2.60 bits per heavy atom. The number of aromatic carboxylic acids is 1. The minimum Gasteiger partial charge on any atom is -0.490 e. The van der Waals surface area contributed by atoms with Crippen molar-refractivity contribution in [2.45, 2.75) is 38.7 Å². The molecule has 0 atom stereocenters. The third-order valence-electron chi connectivity index (χ3n) is 3.77. The molecule has 0 spiro atoms. The number of carbonyl (C=O) groups is 1. The standard InChI is InChI=1S/C16H22O4/c1-12-6-8-13(9-7-12)19-10-11-20-15-5-3-2-4-14(15)16(17)18/h2-5,12-13H,6-11H2,1H3,(H,17,18). The Balaban J connectivity index is 1.72. The van der Waals surface area contributed by atoms with Crippen LogP contribution < -0.4 is 4.74 Å². The molecule has 4 nitrogen and oxygen atoms in total. The van der Waals surface area contributed by atoms with Crippen molar-refractivity contribution >= 4 is 5.97 Å². The Bertz CT molecular complexity index is 436. The SMILES string of the molecule is CC1CCC(OCCOc2ccccc2C(=O)O)CC1. The molecule has 0 aromatic heterocycles. The maximum Gasteiger partial charge on any atom is 0.339 e. The van der Waals surface area contributed by atoms with E-state index in [2.05, 4.69) is 6.92 Å². The molecule has 0 amide bonds. The van der Waals surface area contributed by atoms with Crippen LogP contribution in [0.4, 0.5) is 0 Å². The van der Waals surface area contributed by atoms with Crippen LogP contribution in [0.3, 0.4) is 0 Å². The van der Waals surface area contributed by atoms with Gasteiger partial charge in [0, 0.05) is 0 Å². The molecule has 4 heteroatoms. The molecule has 20 heavy (non-hydrogen) atoms. The van der Waals surface area contributed by atoms with E-state index in [4.69, 9.17) is 14.6 Å². The molecule has 2 rings (SSSR count). The van der Waals surface area contributed by atoms with Crippen LogP contribution >= 0.6 is 0 Å². The van der Waals surface area contributed by atoms with Gasteiger partial charge in [0.1, 0.15) is 17.9 Å². The van der Waals surface area contributed by atoms with Gasteiger partial charge in [0.15, 0.2) is 0 Å². The van der Waals surface area contributed by atoms with E-state index < -0.39 is 5.97 Å². The highest BCUT2D eigenvalue weighted by molar-refractivity contribution is 5.90. The lowest BCUT2D eigenvalue weighted by atomic mass is 9.89. The van der Waals surface area contributed by atoms with Crippen LogP contribution in [0.2, 0.25) is 0 Å². The number of hydrogen-bond acceptors (Lipinski definition) is 3. The molecule has 0 unspecified atom stereocenters. The lowest BCUT2D eigenvalue weighted by molar-refractivity contribution is 0.00550. The maximum atomic E-state index is 11.0. The van der Waals surface area contributed by atoms with Gasteiger partial charge in [-0.05, 0) is 43.7 Å². The zero-order chi connectivity index (χ0) is 14.4. The van der Waals surface area contributed by atoms with Crippen molar-refractivity contribution < 1.29 is 19.4 Å². The Morgan fingerprint density at radius 2 is 1.90 bits per heavy atom. The van der Waals surface area contributed by atoms with Crippen molar-refractivity contribution in [3.05, 3.63) is 29.8 Å². The summed E-state index contributed by atoms with van der Waals surface area (Å²) in [5, 5.41) is 9.04. The molecule has 1 N–H and O–H groups in total. The number of ether oxygens (including phenoxy) is 2. The molecule has 0 saturated heterocycles. The Kier molecular flexibility index (Phi) is 5.41. The van der Waals surface area contributed by atoms with E-state index in [9.17, 15) is 4.79 Å². The van der Waals surface area contributed by atoms with Crippen molar-refractivity contribution in [2.75, 3.05) is 13.2 Å². The van der Waals surface area contributed by atoms with Crippen molar-refractivity contribution in [1.82, 2.24) is 0 Å². The lowest BCUT2D eigenvalue weighted by Crippen LogP contribution is -2.22. The summed E-state index contributed by atoms with van der Waals surface area (Å²) in [7, 11) is 0. The van der Waals surface area contributed by atoms with Gasteiger partial charge in [-0.15, -0.1) is 0 Å². The van der Waals surface area contributed by atoms with E-state index in [-0.39, 0.29) is 5.56 Å². The summed E-state index contributed by atoms with van der Waals surface area (Å²) in [6.45, 7) is 3.17. The predicted octanol–water partition coefficient (Wildman–Crippen LogP) is 3.36. The molecule has 1 aromatic carbocycles. The van der Waals surface area contributed by atoms with Crippen LogP contribution in [0.5, 0.6) is 5.75 Å². The molecule has 0 bridgehead atoms. The topological polar surface area (TPSA) is 55.8 Å². The summed E-state index contributed by atoms with van der Waals surface area (Å²) in [5.74, 6) is 0.247. The Morgan fingerprint density at radius 1 is 1.20 bits per heavy atom. The second kappa shape index (κ2) is 7.29. The number of hydrogen-bond donors (Lipinski definition) is 1. The molecule has 1 aliphatic rings. The first-order chi connectivity index (χ1) is 9.66. The van der Waals surface area contributed by atoms with Crippen molar-refractivity contribution in [3.63, 3.8) is 0 Å². The summed E-state index contributed by atoms with van der Waals surface area (Å²) < 4.78 is 11.3. The summed E-state index contributed by atoms with van der Waals surface area (Å²) in [4.78, 5) is 11.0. The third-order valence-corrected chi connectivity index (χ3v) is 3.77. The molecule has 1 fully saturated rings. The monoisotopic (exact) mass is 278 g/mol. The highest BCUT2D eigenvalue weighted by atomic mass is 16.5. The van der Waals surface area contributed by atoms with E-state index in [1.165, 1.54) is 12.8 Å². The maximum absolute atomic E-state index is 11.0. The molecule has 1 aliphatic carbocycles. The fraction of sp³-hybridized carbons (Fsp3) is 0.562. The van der Waals surface area contributed by atoms with Gasteiger partial charge in [0.05, 0.1) is 12.7 Å². The van der Waals surface area contributed by atoms with Gasteiger partial charge in [-0.3, -0.25) is 0 Å². The molecular formula is C16H22O4. The molecular weight excluding hydrogens is 256 g/mol. The summed E-state index contributed by atoms with van der Waals surface area (Å²) >= 11 is 0. The van der Waals surface area contributed by atoms with Crippen molar-refractivity contribution in [2.24, 2.45) is 5.92 Å². The van der Waals surface area contributed by atoms with E-state index in [1.807, 2.05) is 0 Å². The second-order valence-corrected chi connectivity index (χ2v) is 5.40. The number of para-hydroxylation sites is 1. The summed E-state index contributed by atoms with van der Waals surface area (Å²) in [6, 6.07) is 6.67. The van der Waals surface area contributed by atoms with Crippen LogP contribution in [-0.4, -0.2) is 30.4 Å². The number of benzene rings is 1. The Labute approximate surface area is 119 Å². The van der Waals surface area contributed by atoms with Gasteiger partial charge in [-0.1, -0.05) is 19.1 Å². The average molecular weight is 278 g/mol. The second-order valence-electron chi connectivity index (χ2n) is 5.40. The van der Waals surface area contributed by atoms with Crippen molar-refractivity contribution in [1.29, 1.82) is 0 Å². The predicted molar refractivity (Wildman–Crippen MR) is 76.3 cm³/mol. The van der Waals surface area contributed by atoms with Crippen molar-refractivity contribution in [3.8, 4) is 5.75 Å². The number of carboxylic acids is 1. The van der Waals surface area contributed by atoms with E-state index in [0.29, 0.717) is 25.1 Å². The van der Waals surface area contributed by atoms with E-state index in [1.54, 1.807) is 24.3 Å². The van der Waals surface area contributed by atoms with Crippen LogP contribution in [-0.2, 0) is 4.74 Å². The first kappa shape index (κ1) is 14.9. The van der Waals surface area contributed by atoms with Gasteiger partial charge in [0.2, 0.25) is 0 Å². The first-order valence-corrected chi connectivity index (χ1v) is 7.23. The number of rotatable bonds is 6. The van der Waals surface area contributed by atoms with E-state index >= 15 is 0 Å². The highest BCUT2D eigenvalue weighted by Crippen LogP contribution is 2.25. The van der Waals surface area contributed by atoms with Crippen LogP contribution in [0.1, 0.15) is 43.0 Å². The number of carboxylic acid groups (broad SMARTS) is 1. The zero-order valence-electron chi connectivity index (χ0n) is 11.9. The molecule has 1 aromatic rings. The zero-order valence-corrected chi connectivity index (χ0v) is 11.9. The van der Waals surface area contributed by atoms with Gasteiger partial charge in [-0.2, -0.15) is 0 Å². The van der Waals surface area contributed by atoms with Gasteiger partial charge < -0.3 is 14.6 Å². The van der Waals surface area contributed by atoms with Crippen LogP contribution in [0, 0.1) is 5.92 Å². The van der Waals surface area contributed by atoms with Gasteiger partial charge in [-0.25, -0.2) is 4.79 Å². The molecule has 0 heterocycles. The van der Waals surface area contributed by atoms with Crippen LogP contribution in [0.15, 0.2) is 24.3 Å². The average Bonchev–Trinajstić information content (AvgIpc) is 2.46. The largest absolute Gasteiger partial charge is 0.490 e. The van der Waals surface area contributed by atoms with Gasteiger partial charge in [0.25, 0.3) is 0 Å². The molecule has 1 saturated carbocycles.